The topological polar surface area (TPSA) is 76.1 Å². The molecule has 0 saturated carbocycles. The lowest BCUT2D eigenvalue weighted by Gasteiger charge is -2.17. The van der Waals surface area contributed by atoms with Crippen LogP contribution in [0, 0.1) is 5.82 Å². The first kappa shape index (κ1) is 23.2. The highest BCUT2D eigenvalue weighted by Crippen LogP contribution is 2.35. The Hall–Kier alpha value is -3.97. The summed E-state index contributed by atoms with van der Waals surface area (Å²) < 4.78 is 20.2. The highest BCUT2D eigenvalue weighted by molar-refractivity contribution is 6.32. The minimum Gasteiger partial charge on any atom is -0.492 e. The third kappa shape index (κ3) is 5.15. The van der Waals surface area contributed by atoms with Crippen molar-refractivity contribution in [3.8, 4) is 17.1 Å². The molecule has 0 spiro atoms. The second kappa shape index (κ2) is 10.8. The Morgan fingerprint density at radius 1 is 0.912 bits per heavy atom. The highest BCUT2D eigenvalue weighted by Gasteiger charge is 2.20. The zero-order chi connectivity index (χ0) is 23.9. The van der Waals surface area contributed by atoms with E-state index in [0.717, 1.165) is 11.1 Å². The van der Waals surface area contributed by atoms with Gasteiger partial charge in [0.1, 0.15) is 11.4 Å². The van der Waals surface area contributed by atoms with Gasteiger partial charge in [-0.25, -0.2) is 14.4 Å². The Balaban J connectivity index is 1.76. The lowest BCUT2D eigenvalue weighted by atomic mass is 10.1. The molecule has 1 heterocycles. The van der Waals surface area contributed by atoms with E-state index in [1.165, 1.54) is 19.2 Å². The first-order chi connectivity index (χ1) is 16.6. The fourth-order valence-electron chi connectivity index (χ4n) is 3.45. The van der Waals surface area contributed by atoms with Crippen LogP contribution in [0.1, 0.15) is 21.6 Å². The Bertz CT molecular complexity index is 1290. The van der Waals surface area contributed by atoms with E-state index in [1.54, 1.807) is 0 Å². The molecule has 0 atom stereocenters. The molecule has 3 aromatic carbocycles. The Labute approximate surface area is 201 Å². The summed E-state index contributed by atoms with van der Waals surface area (Å²) in [6.07, 6.45) is 0.622. The van der Waals surface area contributed by atoms with E-state index in [2.05, 4.69) is 20.6 Å². The van der Waals surface area contributed by atoms with Crippen molar-refractivity contribution in [2.45, 2.75) is 13.1 Å². The standard InChI is InChI=1S/C26H22ClFN4O2/c1-34-24-20(27)13-12-19(22(24)28)25-31-21(16-33)23(29-14-17-8-4-2-5-9-17)26(32-25)30-15-18-10-6-3-7-11-18/h2-13,16,29H,14-15H2,1H3,(H,30,31,32). The molecule has 8 heteroatoms. The van der Waals surface area contributed by atoms with Crippen LogP contribution in [0.15, 0.2) is 72.8 Å². The number of aromatic nitrogens is 2. The fourth-order valence-corrected chi connectivity index (χ4v) is 3.67. The van der Waals surface area contributed by atoms with Crippen LogP contribution in [0.4, 0.5) is 15.9 Å². The number of anilines is 2. The highest BCUT2D eigenvalue weighted by atomic mass is 35.5. The summed E-state index contributed by atoms with van der Waals surface area (Å²) >= 11 is 6.04. The average molecular weight is 477 g/mol. The number of ether oxygens (including phenoxy) is 1. The summed E-state index contributed by atoms with van der Waals surface area (Å²) in [5.41, 5.74) is 2.64. The molecule has 0 aliphatic carbocycles. The van der Waals surface area contributed by atoms with Gasteiger partial charge in [0.2, 0.25) is 0 Å². The molecule has 34 heavy (non-hydrogen) atoms. The molecule has 0 aliphatic heterocycles. The van der Waals surface area contributed by atoms with Gasteiger partial charge in [-0.2, -0.15) is 0 Å². The maximum atomic E-state index is 15.1. The molecular weight excluding hydrogens is 455 g/mol. The predicted octanol–water partition coefficient (Wildman–Crippen LogP) is 5.98. The summed E-state index contributed by atoms with van der Waals surface area (Å²) in [4.78, 5) is 20.9. The monoisotopic (exact) mass is 476 g/mol. The number of carbonyl (C=O) groups excluding carboxylic acids is 1. The molecule has 0 aliphatic rings. The number of halogens is 2. The predicted molar refractivity (Wildman–Crippen MR) is 132 cm³/mol. The van der Waals surface area contributed by atoms with Crippen LogP contribution < -0.4 is 15.4 Å². The number of methoxy groups -OCH3 is 1. The quantitative estimate of drug-likeness (QED) is 0.289. The van der Waals surface area contributed by atoms with Crippen molar-refractivity contribution in [3.63, 3.8) is 0 Å². The smallest absolute Gasteiger partial charge is 0.177 e. The Morgan fingerprint density at radius 3 is 2.12 bits per heavy atom. The molecule has 0 unspecified atom stereocenters. The molecule has 0 amide bonds. The van der Waals surface area contributed by atoms with Crippen molar-refractivity contribution in [2.75, 3.05) is 17.7 Å². The van der Waals surface area contributed by atoms with Crippen LogP contribution in [-0.4, -0.2) is 23.4 Å². The number of nitrogens with zero attached hydrogens (tertiary/aromatic N) is 2. The van der Waals surface area contributed by atoms with Gasteiger partial charge < -0.3 is 15.4 Å². The minimum absolute atomic E-state index is 0.0374. The largest absolute Gasteiger partial charge is 0.492 e. The van der Waals surface area contributed by atoms with Gasteiger partial charge in [0.15, 0.2) is 29.5 Å². The van der Waals surface area contributed by atoms with Gasteiger partial charge in [-0.15, -0.1) is 0 Å². The van der Waals surface area contributed by atoms with Gasteiger partial charge in [-0.1, -0.05) is 72.3 Å². The average Bonchev–Trinajstić information content (AvgIpc) is 2.87. The van der Waals surface area contributed by atoms with Crippen LogP contribution in [0.25, 0.3) is 11.4 Å². The van der Waals surface area contributed by atoms with Crippen molar-refractivity contribution in [1.29, 1.82) is 0 Å². The van der Waals surface area contributed by atoms with E-state index < -0.39 is 5.82 Å². The summed E-state index contributed by atoms with van der Waals surface area (Å²) in [6, 6.07) is 22.4. The van der Waals surface area contributed by atoms with Crippen molar-refractivity contribution >= 4 is 29.4 Å². The van der Waals surface area contributed by atoms with Crippen LogP contribution in [0.5, 0.6) is 5.75 Å². The number of hydrogen-bond donors (Lipinski definition) is 2. The lowest BCUT2D eigenvalue weighted by molar-refractivity contribution is 0.111. The van der Waals surface area contributed by atoms with Crippen molar-refractivity contribution < 1.29 is 13.9 Å². The summed E-state index contributed by atoms with van der Waals surface area (Å²) in [6.45, 7) is 0.898. The number of nitrogens with one attached hydrogen (secondary N) is 2. The third-order valence-corrected chi connectivity index (χ3v) is 5.46. The molecule has 0 radical (unpaired) electrons. The molecule has 4 rings (SSSR count). The lowest BCUT2D eigenvalue weighted by Crippen LogP contribution is -2.12. The second-order valence-corrected chi connectivity index (χ2v) is 7.80. The molecule has 0 fully saturated rings. The van der Waals surface area contributed by atoms with Gasteiger partial charge in [-0.3, -0.25) is 4.79 Å². The molecule has 1 aromatic heterocycles. The van der Waals surface area contributed by atoms with Crippen molar-refractivity contribution in [3.05, 3.63) is 100 Å². The van der Waals surface area contributed by atoms with Crippen molar-refractivity contribution in [2.24, 2.45) is 0 Å². The van der Waals surface area contributed by atoms with E-state index in [-0.39, 0.29) is 27.9 Å². The first-order valence-corrected chi connectivity index (χ1v) is 10.9. The first-order valence-electron chi connectivity index (χ1n) is 10.6. The number of rotatable bonds is 9. The molecule has 172 valence electrons. The molecule has 4 aromatic rings. The molecular formula is C26H22ClFN4O2. The number of benzene rings is 3. The molecule has 0 saturated heterocycles. The Morgan fingerprint density at radius 2 is 1.53 bits per heavy atom. The fraction of sp³-hybridized carbons (Fsp3) is 0.115. The Kier molecular flexibility index (Phi) is 7.34. The summed E-state index contributed by atoms with van der Waals surface area (Å²) in [5, 5.41) is 6.64. The van der Waals surface area contributed by atoms with Crippen LogP contribution >= 0.6 is 11.6 Å². The van der Waals surface area contributed by atoms with E-state index in [9.17, 15) is 4.79 Å². The van der Waals surface area contributed by atoms with Crippen LogP contribution in [0.2, 0.25) is 5.02 Å². The number of hydrogen-bond acceptors (Lipinski definition) is 6. The number of carbonyl (C=O) groups is 1. The number of aldehydes is 1. The van der Waals surface area contributed by atoms with E-state index >= 15 is 4.39 Å². The molecule has 6 nitrogen and oxygen atoms in total. The van der Waals surface area contributed by atoms with Crippen molar-refractivity contribution in [1.82, 2.24) is 9.97 Å². The third-order valence-electron chi connectivity index (χ3n) is 5.16. The van der Waals surface area contributed by atoms with E-state index in [1.807, 2.05) is 60.7 Å². The summed E-state index contributed by atoms with van der Waals surface area (Å²) in [5.74, 6) is -0.401. The van der Waals surface area contributed by atoms with Gasteiger partial charge in [0.05, 0.1) is 17.7 Å². The van der Waals surface area contributed by atoms with E-state index in [4.69, 9.17) is 16.3 Å². The SMILES string of the molecule is COc1c(Cl)ccc(-c2nc(C=O)c(NCc3ccccc3)c(NCc3ccccc3)n2)c1F. The minimum atomic E-state index is -0.703. The zero-order valence-corrected chi connectivity index (χ0v) is 19.1. The second-order valence-electron chi connectivity index (χ2n) is 7.39. The molecule has 0 bridgehead atoms. The maximum Gasteiger partial charge on any atom is 0.177 e. The maximum absolute atomic E-state index is 15.1. The van der Waals surface area contributed by atoms with E-state index in [0.29, 0.717) is 30.9 Å². The van der Waals surface area contributed by atoms with Crippen LogP contribution in [0.3, 0.4) is 0 Å². The normalized spacial score (nSPS) is 10.6. The zero-order valence-electron chi connectivity index (χ0n) is 18.4. The molecule has 2 N–H and O–H groups in total. The summed E-state index contributed by atoms with van der Waals surface area (Å²) in [7, 11) is 1.33. The van der Waals surface area contributed by atoms with Gasteiger partial charge in [0, 0.05) is 13.1 Å². The van der Waals surface area contributed by atoms with Gasteiger partial charge >= 0.3 is 0 Å². The van der Waals surface area contributed by atoms with Crippen LogP contribution in [-0.2, 0) is 13.1 Å². The van der Waals surface area contributed by atoms with Gasteiger partial charge in [-0.05, 0) is 23.3 Å². The van der Waals surface area contributed by atoms with Gasteiger partial charge in [0.25, 0.3) is 0 Å².